The molecular weight excluding hydrogens is 401 g/mol. The lowest BCUT2D eigenvalue weighted by molar-refractivity contribution is -0.137. The molecule has 1 heterocycles. The van der Waals surface area contributed by atoms with Gasteiger partial charge in [0, 0.05) is 30.0 Å². The van der Waals surface area contributed by atoms with Crippen LogP contribution in [0.1, 0.15) is 48.0 Å². The van der Waals surface area contributed by atoms with E-state index in [1.165, 1.54) is 12.1 Å². The van der Waals surface area contributed by atoms with Crippen molar-refractivity contribution in [1.29, 1.82) is 0 Å². The third kappa shape index (κ3) is 5.57. The van der Waals surface area contributed by atoms with Crippen molar-refractivity contribution < 1.29 is 18.0 Å². The van der Waals surface area contributed by atoms with E-state index in [1.54, 1.807) is 4.90 Å². The summed E-state index contributed by atoms with van der Waals surface area (Å²) < 4.78 is 41.5. The van der Waals surface area contributed by atoms with Crippen LogP contribution in [0.4, 0.5) is 13.2 Å². The molecule has 0 aliphatic rings. The van der Waals surface area contributed by atoms with Crippen molar-refractivity contribution in [3.8, 4) is 0 Å². The van der Waals surface area contributed by atoms with Crippen molar-refractivity contribution in [2.75, 3.05) is 0 Å². The van der Waals surface area contributed by atoms with Crippen LogP contribution in [0.3, 0.4) is 0 Å². The molecule has 0 saturated heterocycles. The molecule has 0 spiro atoms. The summed E-state index contributed by atoms with van der Waals surface area (Å²) in [6.45, 7) is 6.90. The summed E-state index contributed by atoms with van der Waals surface area (Å²) in [6.07, 6.45) is -2.54. The summed E-state index contributed by atoms with van der Waals surface area (Å²) in [6, 6.07) is 18.3. The number of alkyl halides is 3. The first kappa shape index (κ1) is 22.7. The average Bonchev–Trinajstić information content (AvgIpc) is 3.17. The number of benzene rings is 2. The highest BCUT2D eigenvalue weighted by molar-refractivity contribution is 5.94. The number of carbonyl (C=O) groups is 1. The Labute approximate surface area is 181 Å². The van der Waals surface area contributed by atoms with Gasteiger partial charge in [-0.15, -0.1) is 0 Å². The maximum atomic E-state index is 13.3. The molecule has 0 aliphatic carbocycles. The summed E-state index contributed by atoms with van der Waals surface area (Å²) in [4.78, 5) is 15.0. The van der Waals surface area contributed by atoms with E-state index in [2.05, 4.69) is 4.57 Å². The van der Waals surface area contributed by atoms with E-state index in [-0.39, 0.29) is 17.5 Å². The summed E-state index contributed by atoms with van der Waals surface area (Å²) in [5.41, 5.74) is 1.29. The topological polar surface area (TPSA) is 25.2 Å². The van der Waals surface area contributed by atoms with Crippen LogP contribution in [0.25, 0.3) is 0 Å². The first-order chi connectivity index (χ1) is 14.7. The van der Waals surface area contributed by atoms with Gasteiger partial charge in [-0.2, -0.15) is 13.2 Å². The molecule has 1 unspecified atom stereocenters. The minimum Gasteiger partial charge on any atom is -0.345 e. The number of aromatic nitrogens is 1. The van der Waals surface area contributed by atoms with Gasteiger partial charge in [0.2, 0.25) is 0 Å². The highest BCUT2D eigenvalue weighted by Crippen LogP contribution is 2.30. The Hall–Kier alpha value is -3.02. The molecule has 1 amide bonds. The van der Waals surface area contributed by atoms with Crippen LogP contribution < -0.4 is 0 Å². The highest BCUT2D eigenvalue weighted by atomic mass is 19.4. The molecule has 0 fully saturated rings. The minimum atomic E-state index is -4.49. The monoisotopic (exact) mass is 428 g/mol. The number of carbonyl (C=O) groups excluding carboxylic acids is 1. The SMILES string of the molecule is CC(C)C(C)N(Cc1cccn1Cc1ccccc1)C(=O)c1cccc(C(F)(F)F)c1. The van der Waals surface area contributed by atoms with Gasteiger partial charge in [-0.1, -0.05) is 50.2 Å². The molecule has 0 bridgehead atoms. The lowest BCUT2D eigenvalue weighted by atomic mass is 10.0. The summed E-state index contributed by atoms with van der Waals surface area (Å²) in [5.74, 6) is -0.257. The average molecular weight is 428 g/mol. The van der Waals surface area contributed by atoms with E-state index in [0.717, 1.165) is 23.4 Å². The largest absolute Gasteiger partial charge is 0.416 e. The molecule has 1 aromatic heterocycles. The molecule has 6 heteroatoms. The fraction of sp³-hybridized carbons (Fsp3) is 0.320. The van der Waals surface area contributed by atoms with Gasteiger partial charge in [-0.05, 0) is 48.7 Å². The molecule has 0 N–H and O–H groups in total. The van der Waals surface area contributed by atoms with Crippen molar-refractivity contribution in [3.63, 3.8) is 0 Å². The Bertz CT molecular complexity index is 1010. The maximum Gasteiger partial charge on any atom is 0.416 e. The Kier molecular flexibility index (Phi) is 6.88. The van der Waals surface area contributed by atoms with Gasteiger partial charge >= 0.3 is 6.18 Å². The Balaban J connectivity index is 1.90. The van der Waals surface area contributed by atoms with E-state index in [9.17, 15) is 18.0 Å². The van der Waals surface area contributed by atoms with Gasteiger partial charge < -0.3 is 9.47 Å². The van der Waals surface area contributed by atoms with Crippen LogP contribution in [0, 0.1) is 5.92 Å². The fourth-order valence-electron chi connectivity index (χ4n) is 3.46. The van der Waals surface area contributed by atoms with Crippen LogP contribution in [0.15, 0.2) is 72.9 Å². The third-order valence-electron chi connectivity index (χ3n) is 5.61. The number of amides is 1. The van der Waals surface area contributed by atoms with E-state index >= 15 is 0 Å². The number of nitrogens with zero attached hydrogens (tertiary/aromatic N) is 2. The maximum absolute atomic E-state index is 13.3. The molecule has 164 valence electrons. The van der Waals surface area contributed by atoms with Gasteiger partial charge in [0.15, 0.2) is 0 Å². The fourth-order valence-corrected chi connectivity index (χ4v) is 3.46. The zero-order valence-corrected chi connectivity index (χ0v) is 17.9. The Morgan fingerprint density at radius 3 is 2.32 bits per heavy atom. The molecular formula is C25H27F3N2O. The smallest absolute Gasteiger partial charge is 0.345 e. The molecule has 0 saturated carbocycles. The second-order valence-corrected chi connectivity index (χ2v) is 8.11. The summed E-state index contributed by atoms with van der Waals surface area (Å²) in [5, 5.41) is 0. The first-order valence-corrected chi connectivity index (χ1v) is 10.3. The van der Waals surface area contributed by atoms with Crippen LogP contribution in [-0.2, 0) is 19.3 Å². The van der Waals surface area contributed by atoms with Crippen LogP contribution in [-0.4, -0.2) is 21.4 Å². The van der Waals surface area contributed by atoms with Crippen LogP contribution >= 0.6 is 0 Å². The number of hydrogen-bond donors (Lipinski definition) is 0. The van der Waals surface area contributed by atoms with Gasteiger partial charge in [0.1, 0.15) is 0 Å². The quantitative estimate of drug-likeness (QED) is 0.437. The van der Waals surface area contributed by atoms with E-state index < -0.39 is 17.6 Å². The molecule has 3 rings (SSSR count). The molecule has 3 aromatic rings. The van der Waals surface area contributed by atoms with Gasteiger partial charge in [0.25, 0.3) is 5.91 Å². The van der Waals surface area contributed by atoms with E-state index in [4.69, 9.17) is 0 Å². The normalized spacial score (nSPS) is 12.7. The van der Waals surface area contributed by atoms with Crippen molar-refractivity contribution in [3.05, 3.63) is 95.3 Å². The molecule has 0 aliphatic heterocycles. The van der Waals surface area contributed by atoms with Gasteiger partial charge in [0.05, 0.1) is 12.1 Å². The zero-order valence-electron chi connectivity index (χ0n) is 17.9. The predicted octanol–water partition coefficient (Wildman–Crippen LogP) is 6.24. The summed E-state index contributed by atoms with van der Waals surface area (Å²) >= 11 is 0. The second kappa shape index (κ2) is 9.41. The van der Waals surface area contributed by atoms with Gasteiger partial charge in [-0.25, -0.2) is 0 Å². The van der Waals surface area contributed by atoms with Gasteiger partial charge in [-0.3, -0.25) is 4.79 Å². The number of hydrogen-bond acceptors (Lipinski definition) is 1. The zero-order chi connectivity index (χ0) is 22.6. The lowest BCUT2D eigenvalue weighted by Crippen LogP contribution is -2.41. The van der Waals surface area contributed by atoms with Crippen molar-refractivity contribution >= 4 is 5.91 Å². The van der Waals surface area contributed by atoms with E-state index in [0.29, 0.717) is 13.1 Å². The third-order valence-corrected chi connectivity index (χ3v) is 5.61. The molecule has 1 atom stereocenters. The second-order valence-electron chi connectivity index (χ2n) is 8.11. The predicted molar refractivity (Wildman–Crippen MR) is 116 cm³/mol. The van der Waals surface area contributed by atoms with Crippen molar-refractivity contribution in [2.24, 2.45) is 5.92 Å². The molecule has 0 radical (unpaired) electrons. The number of rotatable bonds is 7. The van der Waals surface area contributed by atoms with Crippen molar-refractivity contribution in [2.45, 2.75) is 46.1 Å². The Morgan fingerprint density at radius 1 is 0.968 bits per heavy atom. The molecule has 3 nitrogen and oxygen atoms in total. The van der Waals surface area contributed by atoms with Crippen molar-refractivity contribution in [1.82, 2.24) is 9.47 Å². The summed E-state index contributed by atoms with van der Waals surface area (Å²) in [7, 11) is 0. The number of halogens is 3. The standard InChI is InChI=1S/C25H27F3N2O/c1-18(2)19(3)30(24(31)21-11-7-12-22(15-21)25(26,27)28)17-23-13-8-14-29(23)16-20-9-5-4-6-10-20/h4-15,18-19H,16-17H2,1-3H3. The van der Waals surface area contributed by atoms with Crippen LogP contribution in [0.5, 0.6) is 0 Å². The molecule has 31 heavy (non-hydrogen) atoms. The highest BCUT2D eigenvalue weighted by Gasteiger charge is 2.32. The lowest BCUT2D eigenvalue weighted by Gasteiger charge is -2.32. The Morgan fingerprint density at radius 2 is 1.68 bits per heavy atom. The van der Waals surface area contributed by atoms with Crippen LogP contribution in [0.2, 0.25) is 0 Å². The van der Waals surface area contributed by atoms with E-state index in [1.807, 2.05) is 69.4 Å². The first-order valence-electron chi connectivity index (χ1n) is 10.3. The minimum absolute atomic E-state index is 0.0449. The molecule has 2 aromatic carbocycles.